The number of halogens is 1. The smallest absolute Gasteiger partial charge is 0.406 e. The summed E-state index contributed by atoms with van der Waals surface area (Å²) in [6.07, 6.45) is -2.54. The number of hydrogen-bond donors (Lipinski definition) is 4. The topological polar surface area (TPSA) is 219 Å². The number of nitrogens with two attached hydrogens (primary N) is 1. The Hall–Kier alpha value is -2.08. The molecule has 16 nitrogen and oxygen atoms in total. The van der Waals surface area contributed by atoms with Gasteiger partial charge in [0.15, 0.2) is 22.5 Å². The number of ether oxygens (including phenoxy) is 3. The average Bonchev–Trinajstić information content (AvgIpc) is 3.47. The van der Waals surface area contributed by atoms with Gasteiger partial charge >= 0.3 is 13.7 Å². The maximum Gasteiger partial charge on any atom is 0.406 e. The molecule has 0 unspecified atom stereocenters. The number of nitrogen functional groups attached to an aromatic ring is 1. The Morgan fingerprint density at radius 1 is 1.31 bits per heavy atom. The highest BCUT2D eigenvalue weighted by Crippen LogP contribution is 2.48. The van der Waals surface area contributed by atoms with E-state index in [0.29, 0.717) is 12.1 Å². The van der Waals surface area contributed by atoms with Crippen molar-refractivity contribution in [1.29, 1.82) is 0 Å². The predicted molar refractivity (Wildman–Crippen MR) is 167 cm³/mol. The summed E-state index contributed by atoms with van der Waals surface area (Å²) in [4.78, 5) is 36.0. The van der Waals surface area contributed by atoms with E-state index in [1.54, 1.807) is 41.5 Å². The lowest BCUT2D eigenvalue weighted by molar-refractivity contribution is -0.149. The standard InChI is InChI=1S/C26H42ClN6O10PS/c1-8-39-20-17-19(30-24(28)31-20)33(13-29-17)22-26(7,27)18(35)16(43-22)11-41-44(38,32-15(4)21(36)42-14(2)3)40-9-10-45-23(37)25(5,6)12-34/h13-16,18,22,34-35H,8-12H2,1-7H3,(H,32,38)(H2,28,30,31)/t15-,16-,18-,22-,26-,44-/m1/s1. The fraction of sp³-hybridized carbons (Fsp3) is 0.731. The summed E-state index contributed by atoms with van der Waals surface area (Å²) in [5, 5.41) is 22.8. The molecule has 0 saturated carbocycles. The van der Waals surface area contributed by atoms with Crippen LogP contribution in [-0.2, 0) is 32.7 Å². The van der Waals surface area contributed by atoms with Gasteiger partial charge in [0, 0.05) is 5.75 Å². The van der Waals surface area contributed by atoms with E-state index in [1.165, 1.54) is 17.8 Å². The van der Waals surface area contributed by atoms with Gasteiger partial charge in [-0.05, 0) is 48.5 Å². The zero-order valence-corrected chi connectivity index (χ0v) is 28.7. The van der Waals surface area contributed by atoms with Gasteiger partial charge in [-0.3, -0.25) is 23.2 Å². The number of aliphatic hydroxyl groups excluding tert-OH is 2. The highest BCUT2D eigenvalue weighted by molar-refractivity contribution is 8.13. The number of imidazole rings is 1. The Balaban J connectivity index is 1.78. The molecule has 0 aromatic carbocycles. The summed E-state index contributed by atoms with van der Waals surface area (Å²) < 4.78 is 43.3. The maximum atomic E-state index is 13.8. The minimum atomic E-state index is -4.27. The zero-order chi connectivity index (χ0) is 33.7. The molecule has 6 atom stereocenters. The molecule has 0 amide bonds. The summed E-state index contributed by atoms with van der Waals surface area (Å²) in [6, 6.07) is -1.11. The summed E-state index contributed by atoms with van der Waals surface area (Å²) in [5.41, 5.74) is 5.46. The summed E-state index contributed by atoms with van der Waals surface area (Å²) in [7, 11) is -4.27. The zero-order valence-electron chi connectivity index (χ0n) is 26.3. The lowest BCUT2D eigenvalue weighted by atomic mass is 9.97. The molecule has 2 aromatic rings. The Kier molecular flexibility index (Phi) is 12.6. The molecule has 3 heterocycles. The number of anilines is 1. The number of alkyl halides is 1. The number of hydrogen-bond acceptors (Lipinski definition) is 15. The first kappa shape index (κ1) is 37.4. The third-order valence-corrected chi connectivity index (χ3v) is 9.96. The van der Waals surface area contributed by atoms with Crippen molar-refractivity contribution in [2.45, 2.75) is 83.9 Å². The van der Waals surface area contributed by atoms with Crippen LogP contribution in [0.2, 0.25) is 0 Å². The maximum absolute atomic E-state index is 13.8. The molecule has 254 valence electrons. The molecule has 19 heteroatoms. The van der Waals surface area contributed by atoms with Gasteiger partial charge in [0.2, 0.25) is 11.8 Å². The number of carbonyl (C=O) groups excluding carboxylic acids is 2. The van der Waals surface area contributed by atoms with Crippen LogP contribution in [0.25, 0.3) is 11.2 Å². The van der Waals surface area contributed by atoms with Gasteiger partial charge < -0.3 is 30.2 Å². The molecule has 5 N–H and O–H groups in total. The molecule has 45 heavy (non-hydrogen) atoms. The molecule has 1 saturated heterocycles. The second kappa shape index (κ2) is 15.2. The van der Waals surface area contributed by atoms with E-state index >= 15 is 0 Å². The van der Waals surface area contributed by atoms with Gasteiger partial charge in [-0.1, -0.05) is 11.8 Å². The van der Waals surface area contributed by atoms with Crippen LogP contribution >= 0.6 is 31.1 Å². The van der Waals surface area contributed by atoms with E-state index in [1.807, 2.05) is 0 Å². The molecule has 3 rings (SSSR count). The number of aliphatic hydroxyl groups is 2. The van der Waals surface area contributed by atoms with Crippen LogP contribution in [-0.4, -0.2) is 102 Å². The van der Waals surface area contributed by atoms with Crippen LogP contribution < -0.4 is 15.6 Å². The van der Waals surface area contributed by atoms with Gasteiger partial charge in [-0.25, -0.2) is 14.6 Å². The second-order valence-corrected chi connectivity index (χ2v) is 15.1. The van der Waals surface area contributed by atoms with Crippen molar-refractivity contribution in [3.8, 4) is 5.88 Å². The number of nitrogens with zero attached hydrogens (tertiary/aromatic N) is 4. The highest BCUT2D eigenvalue weighted by Gasteiger charge is 2.54. The molecular formula is C26H42ClN6O10PS. The Bertz CT molecular complexity index is 1400. The minimum absolute atomic E-state index is 0.0727. The Labute approximate surface area is 270 Å². The minimum Gasteiger partial charge on any atom is -0.476 e. The van der Waals surface area contributed by atoms with Crippen LogP contribution in [0.15, 0.2) is 6.33 Å². The van der Waals surface area contributed by atoms with Crippen molar-refractivity contribution >= 4 is 59.3 Å². The van der Waals surface area contributed by atoms with E-state index in [0.717, 1.165) is 11.8 Å². The number of fused-ring (bicyclic) bond motifs is 1. The predicted octanol–water partition coefficient (Wildman–Crippen LogP) is 2.41. The van der Waals surface area contributed by atoms with Crippen molar-refractivity contribution in [1.82, 2.24) is 24.6 Å². The van der Waals surface area contributed by atoms with E-state index < -0.39 is 61.2 Å². The van der Waals surface area contributed by atoms with E-state index in [2.05, 4.69) is 20.0 Å². The van der Waals surface area contributed by atoms with Crippen molar-refractivity contribution in [3.63, 3.8) is 0 Å². The van der Waals surface area contributed by atoms with Crippen LogP contribution in [0.3, 0.4) is 0 Å². The van der Waals surface area contributed by atoms with Crippen molar-refractivity contribution in [3.05, 3.63) is 6.33 Å². The largest absolute Gasteiger partial charge is 0.476 e. The van der Waals surface area contributed by atoms with Crippen LogP contribution in [0.1, 0.15) is 54.7 Å². The normalized spacial score (nSPS) is 24.1. The lowest BCUT2D eigenvalue weighted by Gasteiger charge is -2.26. The van der Waals surface area contributed by atoms with Crippen molar-refractivity contribution < 1.29 is 47.6 Å². The fourth-order valence-corrected chi connectivity index (χ4v) is 6.83. The third-order valence-electron chi connectivity index (χ3n) is 6.65. The van der Waals surface area contributed by atoms with Crippen LogP contribution in [0.5, 0.6) is 5.88 Å². The monoisotopic (exact) mass is 696 g/mol. The third kappa shape index (κ3) is 9.05. The van der Waals surface area contributed by atoms with Gasteiger partial charge in [0.05, 0.1) is 44.3 Å². The van der Waals surface area contributed by atoms with Crippen LogP contribution in [0, 0.1) is 5.41 Å². The van der Waals surface area contributed by atoms with Gasteiger partial charge in [0.25, 0.3) is 0 Å². The Morgan fingerprint density at radius 2 is 2.00 bits per heavy atom. The Morgan fingerprint density at radius 3 is 2.62 bits per heavy atom. The van der Waals surface area contributed by atoms with Gasteiger partial charge in [0.1, 0.15) is 23.1 Å². The summed E-state index contributed by atoms with van der Waals surface area (Å²) in [5.74, 6) is -0.523. The quantitative estimate of drug-likeness (QED) is 0.0857. The SMILES string of the molecule is CCOc1nc(N)nc2c1ncn2[C@@H]1O[C@H](CO[P@@](=O)(N[C@H](C)C(=O)OC(C)C)OCCSC(=O)C(C)(C)CO)[C@@H](O)[C@@]1(C)Cl. The molecule has 1 aliphatic rings. The second-order valence-electron chi connectivity index (χ2n) is 11.4. The van der Waals surface area contributed by atoms with Crippen molar-refractivity contribution in [2.75, 3.05) is 37.9 Å². The number of nitrogens with one attached hydrogen (secondary N) is 1. The molecular weight excluding hydrogens is 655 g/mol. The highest BCUT2D eigenvalue weighted by atomic mass is 35.5. The van der Waals surface area contributed by atoms with Crippen LogP contribution in [0.4, 0.5) is 5.95 Å². The van der Waals surface area contributed by atoms with Gasteiger partial charge in [-0.2, -0.15) is 9.97 Å². The summed E-state index contributed by atoms with van der Waals surface area (Å²) >= 11 is 7.69. The number of aromatic nitrogens is 4. The summed E-state index contributed by atoms with van der Waals surface area (Å²) in [6.45, 7) is 10.5. The number of carbonyl (C=O) groups is 2. The molecule has 0 radical (unpaired) electrons. The molecule has 0 aliphatic carbocycles. The molecule has 1 aliphatic heterocycles. The first-order valence-electron chi connectivity index (χ1n) is 14.3. The number of thioether (sulfide) groups is 1. The van der Waals surface area contributed by atoms with E-state index in [9.17, 15) is 24.4 Å². The lowest BCUT2D eigenvalue weighted by Crippen LogP contribution is -2.40. The van der Waals surface area contributed by atoms with E-state index in [4.69, 9.17) is 40.6 Å². The molecule has 0 spiro atoms. The molecule has 1 fully saturated rings. The van der Waals surface area contributed by atoms with Gasteiger partial charge in [-0.15, -0.1) is 11.6 Å². The van der Waals surface area contributed by atoms with E-state index in [-0.39, 0.29) is 41.6 Å². The molecule has 2 aromatic heterocycles. The number of rotatable bonds is 16. The first-order chi connectivity index (χ1) is 21.0. The molecule has 0 bridgehead atoms. The first-order valence-corrected chi connectivity index (χ1v) is 17.2. The van der Waals surface area contributed by atoms with Crippen molar-refractivity contribution in [2.24, 2.45) is 5.41 Å². The fourth-order valence-electron chi connectivity index (χ4n) is 4.13. The number of esters is 1. The average molecular weight is 697 g/mol.